The summed E-state index contributed by atoms with van der Waals surface area (Å²) in [5, 5.41) is 3.20. The number of fused-ring (bicyclic) bond motifs is 1. The number of carbonyl (C=O) groups is 1. The van der Waals surface area contributed by atoms with Crippen molar-refractivity contribution in [3.8, 4) is 5.75 Å². The largest absolute Gasteiger partial charge is 0.489 e. The van der Waals surface area contributed by atoms with Crippen molar-refractivity contribution in [2.45, 2.75) is 51.5 Å². The average molecular weight is 465 g/mol. The van der Waals surface area contributed by atoms with Gasteiger partial charge in [0.05, 0.1) is 34.3 Å². The SMILES string of the molecule is CC(=O)c1cn2c3c(c(NCCCc4ccccn4)c(F)c(N)c3c1=O)OCC(C)C21CCC1. The predicted molar refractivity (Wildman–Crippen MR) is 130 cm³/mol. The highest BCUT2D eigenvalue weighted by Gasteiger charge is 2.47. The maximum Gasteiger partial charge on any atom is 0.202 e. The van der Waals surface area contributed by atoms with E-state index >= 15 is 4.39 Å². The number of benzene rings is 1. The van der Waals surface area contributed by atoms with E-state index in [-0.39, 0.29) is 39.6 Å². The number of anilines is 2. The first kappa shape index (κ1) is 22.4. The van der Waals surface area contributed by atoms with Gasteiger partial charge in [-0.3, -0.25) is 14.6 Å². The van der Waals surface area contributed by atoms with Crippen molar-refractivity contribution in [2.75, 3.05) is 24.2 Å². The molecule has 0 bridgehead atoms. The van der Waals surface area contributed by atoms with Crippen LogP contribution >= 0.6 is 0 Å². The van der Waals surface area contributed by atoms with Gasteiger partial charge in [0.2, 0.25) is 5.43 Å². The molecule has 3 N–H and O–H groups in total. The number of nitrogens with two attached hydrogens (primary N) is 1. The molecule has 3 heterocycles. The van der Waals surface area contributed by atoms with Crippen molar-refractivity contribution in [3.63, 3.8) is 0 Å². The third kappa shape index (κ3) is 3.35. The van der Waals surface area contributed by atoms with Gasteiger partial charge >= 0.3 is 0 Å². The molecule has 1 saturated carbocycles. The van der Waals surface area contributed by atoms with Crippen LogP contribution < -0.4 is 21.2 Å². The quantitative estimate of drug-likeness (QED) is 0.321. The first-order valence-corrected chi connectivity index (χ1v) is 11.8. The van der Waals surface area contributed by atoms with E-state index in [4.69, 9.17) is 10.5 Å². The summed E-state index contributed by atoms with van der Waals surface area (Å²) in [6, 6.07) is 5.76. The Morgan fingerprint density at radius 2 is 2.18 bits per heavy atom. The van der Waals surface area contributed by atoms with Crippen LogP contribution in [0.2, 0.25) is 0 Å². The fourth-order valence-electron chi connectivity index (χ4n) is 5.35. The third-order valence-electron chi connectivity index (χ3n) is 7.49. The first-order valence-electron chi connectivity index (χ1n) is 11.8. The number of hydrogen-bond acceptors (Lipinski definition) is 6. The molecule has 1 aliphatic heterocycles. The van der Waals surface area contributed by atoms with Crippen LogP contribution in [0, 0.1) is 11.7 Å². The number of Topliss-reactive ketones (excluding diaryl/α,β-unsaturated/α-hetero) is 1. The van der Waals surface area contributed by atoms with E-state index in [9.17, 15) is 9.59 Å². The summed E-state index contributed by atoms with van der Waals surface area (Å²) < 4.78 is 23.8. The van der Waals surface area contributed by atoms with Gasteiger partial charge in [0.1, 0.15) is 5.69 Å². The lowest BCUT2D eigenvalue weighted by Crippen LogP contribution is -2.47. The molecule has 1 atom stereocenters. The van der Waals surface area contributed by atoms with Gasteiger partial charge in [-0.25, -0.2) is 4.39 Å². The molecule has 1 aliphatic carbocycles. The lowest BCUT2D eigenvalue weighted by Gasteiger charge is -2.47. The van der Waals surface area contributed by atoms with E-state index in [1.807, 2.05) is 22.8 Å². The van der Waals surface area contributed by atoms with Crippen LogP contribution in [0.4, 0.5) is 15.8 Å². The molecule has 1 unspecified atom stereocenters. The average Bonchev–Trinajstić information content (AvgIpc) is 2.92. The van der Waals surface area contributed by atoms with Crippen LogP contribution in [0.25, 0.3) is 10.9 Å². The standard InChI is InChI=1S/C26H29FN4O3/c1-15-14-34-25-22(30-12-5-8-17-7-3-4-11-29-17)20(27)21(28)19-23(25)31(26(15)9-6-10-26)13-18(16(2)32)24(19)33/h3-4,7,11,13,15,30H,5-6,8-10,12,14,28H2,1-2H3. The predicted octanol–water partition coefficient (Wildman–Crippen LogP) is 4.27. The van der Waals surface area contributed by atoms with Crippen molar-refractivity contribution >= 4 is 28.1 Å². The van der Waals surface area contributed by atoms with Crippen LogP contribution in [0.1, 0.15) is 55.6 Å². The number of rotatable bonds is 6. The van der Waals surface area contributed by atoms with Gasteiger partial charge in [0.25, 0.3) is 0 Å². The zero-order valence-corrected chi connectivity index (χ0v) is 19.5. The molecule has 0 radical (unpaired) electrons. The van der Waals surface area contributed by atoms with E-state index in [0.29, 0.717) is 24.4 Å². The van der Waals surface area contributed by atoms with E-state index in [1.165, 1.54) is 6.92 Å². The zero-order valence-electron chi connectivity index (χ0n) is 19.5. The monoisotopic (exact) mass is 464 g/mol. The second-order valence-electron chi connectivity index (χ2n) is 9.47. The van der Waals surface area contributed by atoms with Crippen molar-refractivity contribution in [3.05, 3.63) is 57.9 Å². The number of aryl methyl sites for hydroxylation is 1. The fourth-order valence-corrected chi connectivity index (χ4v) is 5.35. The Balaban J connectivity index is 1.64. The minimum Gasteiger partial charge on any atom is -0.489 e. The highest BCUT2D eigenvalue weighted by atomic mass is 19.1. The summed E-state index contributed by atoms with van der Waals surface area (Å²) in [5.41, 5.74) is 6.77. The van der Waals surface area contributed by atoms with Gasteiger partial charge in [-0.05, 0) is 51.2 Å². The minimum absolute atomic E-state index is 0.0274. The number of aromatic nitrogens is 2. The number of halogens is 1. The Bertz CT molecular complexity index is 1330. The van der Waals surface area contributed by atoms with Crippen molar-refractivity contribution in [1.82, 2.24) is 9.55 Å². The number of ketones is 1. The second-order valence-corrected chi connectivity index (χ2v) is 9.47. The third-order valence-corrected chi connectivity index (χ3v) is 7.49. The summed E-state index contributed by atoms with van der Waals surface area (Å²) in [6.45, 7) is 4.31. The molecule has 2 aromatic heterocycles. The van der Waals surface area contributed by atoms with E-state index in [2.05, 4.69) is 17.2 Å². The summed E-state index contributed by atoms with van der Waals surface area (Å²) in [4.78, 5) is 29.9. The molecule has 1 aromatic carbocycles. The van der Waals surface area contributed by atoms with Crippen LogP contribution in [0.5, 0.6) is 5.75 Å². The number of carbonyl (C=O) groups excluding carboxylic acids is 1. The molecule has 178 valence electrons. The zero-order chi connectivity index (χ0) is 24.0. The lowest BCUT2D eigenvalue weighted by atomic mass is 9.68. The Morgan fingerprint density at radius 1 is 1.38 bits per heavy atom. The maximum absolute atomic E-state index is 15.6. The molecule has 0 amide bonds. The highest BCUT2D eigenvalue weighted by molar-refractivity contribution is 6.04. The molecule has 1 spiro atoms. The molecule has 8 heteroatoms. The van der Waals surface area contributed by atoms with Gasteiger partial charge < -0.3 is 20.4 Å². The topological polar surface area (TPSA) is 99.2 Å². The van der Waals surface area contributed by atoms with Crippen molar-refractivity contribution < 1.29 is 13.9 Å². The molecular formula is C26H29FN4O3. The number of nitrogen functional groups attached to an aromatic ring is 1. The van der Waals surface area contributed by atoms with Gasteiger partial charge in [-0.1, -0.05) is 13.0 Å². The second kappa shape index (κ2) is 8.42. The Hall–Kier alpha value is -3.42. The highest BCUT2D eigenvalue weighted by Crippen LogP contribution is 2.52. The Morgan fingerprint density at radius 3 is 2.82 bits per heavy atom. The van der Waals surface area contributed by atoms with E-state index in [1.54, 1.807) is 12.4 Å². The normalized spacial score (nSPS) is 18.3. The number of pyridine rings is 2. The van der Waals surface area contributed by atoms with Crippen molar-refractivity contribution in [2.24, 2.45) is 5.92 Å². The molecular weight excluding hydrogens is 435 g/mol. The molecule has 1 fully saturated rings. The van der Waals surface area contributed by atoms with Gasteiger partial charge in [-0.2, -0.15) is 0 Å². The molecule has 7 nitrogen and oxygen atoms in total. The van der Waals surface area contributed by atoms with Crippen LogP contribution in [-0.4, -0.2) is 28.5 Å². The summed E-state index contributed by atoms with van der Waals surface area (Å²) >= 11 is 0. The lowest BCUT2D eigenvalue weighted by molar-refractivity contribution is 0.0533. The van der Waals surface area contributed by atoms with Crippen molar-refractivity contribution in [1.29, 1.82) is 0 Å². The summed E-state index contributed by atoms with van der Waals surface area (Å²) in [5.74, 6) is -0.675. The number of ether oxygens (including phenoxy) is 1. The maximum atomic E-state index is 15.6. The smallest absolute Gasteiger partial charge is 0.202 e. The van der Waals surface area contributed by atoms with E-state index < -0.39 is 11.2 Å². The molecule has 3 aromatic rings. The molecule has 2 aliphatic rings. The summed E-state index contributed by atoms with van der Waals surface area (Å²) in [7, 11) is 0. The number of nitrogens with one attached hydrogen (secondary N) is 1. The Kier molecular flexibility index (Phi) is 5.54. The first-order chi connectivity index (χ1) is 16.3. The number of nitrogens with zero attached hydrogens (tertiary/aromatic N) is 2. The fraction of sp³-hybridized carbons (Fsp3) is 0.423. The van der Waals surface area contributed by atoms with Crippen LogP contribution in [0.15, 0.2) is 35.4 Å². The number of hydrogen-bond donors (Lipinski definition) is 2. The van der Waals surface area contributed by atoms with Crippen LogP contribution in [0.3, 0.4) is 0 Å². The molecule has 5 rings (SSSR count). The molecule has 34 heavy (non-hydrogen) atoms. The van der Waals surface area contributed by atoms with E-state index in [0.717, 1.165) is 37.8 Å². The van der Waals surface area contributed by atoms with Gasteiger partial charge in [-0.15, -0.1) is 0 Å². The molecule has 0 saturated heterocycles. The minimum atomic E-state index is -0.720. The van der Waals surface area contributed by atoms with Crippen LogP contribution in [-0.2, 0) is 12.0 Å². The summed E-state index contributed by atoms with van der Waals surface area (Å²) in [6.07, 6.45) is 7.69. The van der Waals surface area contributed by atoms with Gasteiger partial charge in [0.15, 0.2) is 17.3 Å². The van der Waals surface area contributed by atoms with Gasteiger partial charge in [0, 0.05) is 30.6 Å². The Labute approximate surface area is 197 Å².